The Morgan fingerprint density at radius 3 is 2.29 bits per heavy atom. The first kappa shape index (κ1) is 14.5. The van der Waals surface area contributed by atoms with Crippen molar-refractivity contribution in [3.8, 4) is 17.8 Å². The van der Waals surface area contributed by atoms with Crippen LogP contribution in [-0.2, 0) is 4.74 Å². The Labute approximate surface area is 121 Å². The predicted molar refractivity (Wildman–Crippen MR) is 73.8 cm³/mol. The van der Waals surface area contributed by atoms with Gasteiger partial charge in [-0.25, -0.2) is 4.79 Å². The molecule has 0 saturated heterocycles. The normalized spacial score (nSPS) is 9.86. The predicted octanol–water partition coefficient (Wildman–Crippen LogP) is 1.50. The average Bonchev–Trinajstić information content (AvgIpc) is 2.54. The van der Waals surface area contributed by atoms with Crippen LogP contribution in [0.15, 0.2) is 24.3 Å². The highest BCUT2D eigenvalue weighted by atomic mass is 16.5. The molecule has 1 aromatic heterocycles. The maximum absolute atomic E-state index is 11.3. The summed E-state index contributed by atoms with van der Waals surface area (Å²) in [6.07, 6.45) is 0. The molecule has 0 fully saturated rings. The highest BCUT2D eigenvalue weighted by Crippen LogP contribution is 2.21. The van der Waals surface area contributed by atoms with Crippen molar-refractivity contribution >= 4 is 11.9 Å². The van der Waals surface area contributed by atoms with Crippen molar-refractivity contribution in [2.75, 3.05) is 26.6 Å². The molecule has 110 valence electrons. The molecule has 2 rings (SSSR count). The van der Waals surface area contributed by atoms with Gasteiger partial charge in [-0.15, -0.1) is 4.98 Å². The van der Waals surface area contributed by atoms with E-state index in [-0.39, 0.29) is 12.0 Å². The third kappa shape index (κ3) is 3.56. The van der Waals surface area contributed by atoms with Crippen LogP contribution in [0.1, 0.15) is 10.4 Å². The largest absolute Gasteiger partial charge is 0.467 e. The van der Waals surface area contributed by atoms with Crippen molar-refractivity contribution in [2.45, 2.75) is 0 Å². The number of benzene rings is 1. The molecule has 1 heterocycles. The second-order valence-corrected chi connectivity index (χ2v) is 3.80. The summed E-state index contributed by atoms with van der Waals surface area (Å²) in [5, 5.41) is 2.78. The van der Waals surface area contributed by atoms with E-state index in [1.807, 2.05) is 0 Å². The number of hydrogen-bond donors (Lipinski definition) is 1. The number of carbonyl (C=O) groups is 1. The van der Waals surface area contributed by atoms with Gasteiger partial charge in [-0.3, -0.25) is 0 Å². The van der Waals surface area contributed by atoms with E-state index < -0.39 is 5.97 Å². The van der Waals surface area contributed by atoms with Crippen LogP contribution in [0.4, 0.5) is 5.95 Å². The fraction of sp³-hybridized carbons (Fsp3) is 0.231. The average molecular weight is 290 g/mol. The smallest absolute Gasteiger partial charge is 0.337 e. The highest BCUT2D eigenvalue weighted by molar-refractivity contribution is 5.89. The van der Waals surface area contributed by atoms with Crippen LogP contribution >= 0.6 is 0 Å². The topological polar surface area (TPSA) is 95.5 Å². The van der Waals surface area contributed by atoms with Crippen molar-refractivity contribution in [3.05, 3.63) is 29.8 Å². The van der Waals surface area contributed by atoms with Gasteiger partial charge in [-0.05, 0) is 24.3 Å². The van der Waals surface area contributed by atoms with Crippen molar-refractivity contribution in [1.29, 1.82) is 0 Å². The Morgan fingerprint density at radius 1 is 1.05 bits per heavy atom. The zero-order valence-corrected chi connectivity index (χ0v) is 11.8. The van der Waals surface area contributed by atoms with Crippen LogP contribution in [0, 0.1) is 0 Å². The Balaban J connectivity index is 2.19. The Morgan fingerprint density at radius 2 is 1.71 bits per heavy atom. The summed E-state index contributed by atoms with van der Waals surface area (Å²) in [7, 11) is 4.44. The van der Waals surface area contributed by atoms with E-state index in [4.69, 9.17) is 9.47 Å². The van der Waals surface area contributed by atoms with E-state index in [0.29, 0.717) is 17.3 Å². The molecule has 0 spiro atoms. The Bertz CT molecular complexity index is 608. The summed E-state index contributed by atoms with van der Waals surface area (Å²) in [5.41, 5.74) is 0.425. The maximum atomic E-state index is 11.3. The first-order chi connectivity index (χ1) is 10.2. The molecule has 0 bridgehead atoms. The fourth-order valence-corrected chi connectivity index (χ4v) is 1.47. The van der Waals surface area contributed by atoms with Gasteiger partial charge in [-0.2, -0.15) is 9.97 Å². The number of nitrogens with zero attached hydrogens (tertiary/aromatic N) is 3. The minimum absolute atomic E-state index is 0.0806. The van der Waals surface area contributed by atoms with Crippen LogP contribution in [0.2, 0.25) is 0 Å². The lowest BCUT2D eigenvalue weighted by Crippen LogP contribution is -2.03. The van der Waals surface area contributed by atoms with Gasteiger partial charge in [0, 0.05) is 7.05 Å². The van der Waals surface area contributed by atoms with Gasteiger partial charge in [0.15, 0.2) is 0 Å². The van der Waals surface area contributed by atoms with Gasteiger partial charge in [-0.1, -0.05) is 0 Å². The lowest BCUT2D eigenvalue weighted by atomic mass is 10.2. The van der Waals surface area contributed by atoms with E-state index in [1.54, 1.807) is 31.3 Å². The van der Waals surface area contributed by atoms with Gasteiger partial charge in [0.2, 0.25) is 5.95 Å². The summed E-state index contributed by atoms with van der Waals surface area (Å²) < 4.78 is 15.1. The minimum Gasteiger partial charge on any atom is -0.467 e. The molecule has 0 aliphatic carbocycles. The number of carbonyl (C=O) groups excluding carboxylic acids is 1. The molecule has 0 unspecified atom stereocenters. The Hall–Kier alpha value is -2.90. The van der Waals surface area contributed by atoms with Crippen molar-refractivity contribution < 1.29 is 19.0 Å². The number of aromatic nitrogens is 3. The number of ether oxygens (including phenoxy) is 3. The molecule has 1 N–H and O–H groups in total. The molecular formula is C13H14N4O4. The third-order valence-electron chi connectivity index (χ3n) is 2.49. The van der Waals surface area contributed by atoms with Gasteiger partial charge < -0.3 is 19.5 Å². The molecule has 0 aliphatic heterocycles. The Kier molecular flexibility index (Phi) is 4.50. The van der Waals surface area contributed by atoms with Gasteiger partial charge >= 0.3 is 18.0 Å². The van der Waals surface area contributed by atoms with E-state index in [0.717, 1.165) is 0 Å². The van der Waals surface area contributed by atoms with E-state index in [9.17, 15) is 4.79 Å². The number of methoxy groups -OCH3 is 2. The molecule has 2 aromatic rings. The van der Waals surface area contributed by atoms with Crippen molar-refractivity contribution in [3.63, 3.8) is 0 Å². The van der Waals surface area contributed by atoms with Gasteiger partial charge in [0.25, 0.3) is 0 Å². The number of hydrogen-bond acceptors (Lipinski definition) is 8. The fourth-order valence-electron chi connectivity index (χ4n) is 1.47. The maximum Gasteiger partial charge on any atom is 0.337 e. The molecule has 0 atom stereocenters. The highest BCUT2D eigenvalue weighted by Gasteiger charge is 2.09. The second kappa shape index (κ2) is 6.51. The molecule has 0 amide bonds. The zero-order valence-electron chi connectivity index (χ0n) is 11.8. The van der Waals surface area contributed by atoms with E-state index in [1.165, 1.54) is 14.2 Å². The van der Waals surface area contributed by atoms with Crippen LogP contribution in [-0.4, -0.2) is 42.2 Å². The minimum atomic E-state index is -0.416. The first-order valence-corrected chi connectivity index (χ1v) is 6.00. The standard InChI is InChI=1S/C13H14N4O4/c1-14-11-15-12(20-3)17-13(16-11)21-9-6-4-8(5-7-9)10(18)19-2/h4-7H,1-3H3,(H,14,15,16,17). The SMILES string of the molecule is CNc1nc(OC)nc(Oc2ccc(C(=O)OC)cc2)n1. The van der Waals surface area contributed by atoms with Crippen LogP contribution in [0.25, 0.3) is 0 Å². The summed E-state index contributed by atoms with van der Waals surface area (Å²) in [6.45, 7) is 0. The first-order valence-electron chi connectivity index (χ1n) is 6.00. The molecule has 0 radical (unpaired) electrons. The molecular weight excluding hydrogens is 276 g/mol. The summed E-state index contributed by atoms with van der Waals surface area (Å²) >= 11 is 0. The molecule has 8 nitrogen and oxygen atoms in total. The van der Waals surface area contributed by atoms with E-state index >= 15 is 0 Å². The third-order valence-corrected chi connectivity index (χ3v) is 2.49. The number of anilines is 1. The monoisotopic (exact) mass is 290 g/mol. The summed E-state index contributed by atoms with van der Waals surface area (Å²) in [5.74, 6) is 0.377. The molecule has 0 aliphatic rings. The van der Waals surface area contributed by atoms with Crippen LogP contribution < -0.4 is 14.8 Å². The molecule has 1 aromatic carbocycles. The second-order valence-electron chi connectivity index (χ2n) is 3.80. The lowest BCUT2D eigenvalue weighted by molar-refractivity contribution is 0.0600. The quantitative estimate of drug-likeness (QED) is 0.828. The van der Waals surface area contributed by atoms with Gasteiger partial charge in [0.05, 0.1) is 19.8 Å². The number of rotatable bonds is 5. The summed E-state index contributed by atoms with van der Waals surface area (Å²) in [6, 6.07) is 6.60. The van der Waals surface area contributed by atoms with Crippen molar-refractivity contribution in [1.82, 2.24) is 15.0 Å². The van der Waals surface area contributed by atoms with Crippen LogP contribution in [0.3, 0.4) is 0 Å². The van der Waals surface area contributed by atoms with E-state index in [2.05, 4.69) is 25.0 Å². The van der Waals surface area contributed by atoms with Gasteiger partial charge in [0.1, 0.15) is 5.75 Å². The zero-order chi connectivity index (χ0) is 15.2. The number of esters is 1. The van der Waals surface area contributed by atoms with Crippen LogP contribution in [0.5, 0.6) is 17.8 Å². The molecule has 21 heavy (non-hydrogen) atoms. The molecule has 8 heteroatoms. The number of nitrogens with one attached hydrogen (secondary N) is 1. The lowest BCUT2D eigenvalue weighted by Gasteiger charge is -2.07. The summed E-state index contributed by atoms with van der Waals surface area (Å²) in [4.78, 5) is 23.3. The van der Waals surface area contributed by atoms with Crippen molar-refractivity contribution in [2.24, 2.45) is 0 Å². The molecule has 0 saturated carbocycles.